The van der Waals surface area contributed by atoms with E-state index in [0.29, 0.717) is 35.6 Å². The molecule has 0 unspecified atom stereocenters. The number of morpholine rings is 1. The van der Waals surface area contributed by atoms with Crippen molar-refractivity contribution in [1.29, 1.82) is 0 Å². The normalized spacial score (nSPS) is 13.9. The molecule has 14 heteroatoms. The van der Waals surface area contributed by atoms with E-state index in [4.69, 9.17) is 4.74 Å². The Bertz CT molecular complexity index is 1780. The quantitative estimate of drug-likeness (QED) is 0.172. The molecule has 0 amide bonds. The van der Waals surface area contributed by atoms with Crippen LogP contribution in [0.25, 0.3) is 11.5 Å². The van der Waals surface area contributed by atoms with Crippen molar-refractivity contribution in [1.82, 2.24) is 34.0 Å². The van der Waals surface area contributed by atoms with Crippen LogP contribution in [-0.2, 0) is 17.5 Å². The SMILES string of the molecule is Cc1ccc(CNc2ccc(-n3ccnc3C)c(C(F)(F)F)c2)cc1Nc1nccn1-c1cc(NCCN2CCOCC2)ncn1. The van der Waals surface area contributed by atoms with Gasteiger partial charge in [0.2, 0.25) is 5.95 Å². The third-order valence-electron chi connectivity index (χ3n) is 7.81. The Hall–Kier alpha value is -4.95. The number of nitrogens with zero attached hydrogens (tertiary/aromatic N) is 7. The third-order valence-corrected chi connectivity index (χ3v) is 7.81. The zero-order chi connectivity index (χ0) is 32.1. The summed E-state index contributed by atoms with van der Waals surface area (Å²) >= 11 is 0. The van der Waals surface area contributed by atoms with Crippen LogP contribution in [0.5, 0.6) is 0 Å². The van der Waals surface area contributed by atoms with Gasteiger partial charge in [0.1, 0.15) is 23.8 Å². The zero-order valence-corrected chi connectivity index (χ0v) is 25.6. The van der Waals surface area contributed by atoms with Gasteiger partial charge in [0.25, 0.3) is 0 Å². The number of imidazole rings is 2. The highest BCUT2D eigenvalue weighted by atomic mass is 19.4. The van der Waals surface area contributed by atoms with Crippen LogP contribution in [0.3, 0.4) is 0 Å². The average Bonchev–Trinajstić information content (AvgIpc) is 3.70. The summed E-state index contributed by atoms with van der Waals surface area (Å²) in [6.07, 6.45) is 3.48. The number of rotatable bonds is 11. The highest BCUT2D eigenvalue weighted by molar-refractivity contribution is 5.62. The van der Waals surface area contributed by atoms with Crippen molar-refractivity contribution in [2.75, 3.05) is 55.3 Å². The second kappa shape index (κ2) is 13.6. The Morgan fingerprint density at radius 1 is 0.870 bits per heavy atom. The molecule has 0 atom stereocenters. The van der Waals surface area contributed by atoms with Gasteiger partial charge in [-0.3, -0.25) is 9.47 Å². The first kappa shape index (κ1) is 31.0. The lowest BCUT2D eigenvalue weighted by Crippen LogP contribution is -2.39. The molecule has 0 bridgehead atoms. The molecular weight excluding hydrogens is 597 g/mol. The zero-order valence-electron chi connectivity index (χ0n) is 25.6. The molecule has 0 radical (unpaired) electrons. The van der Waals surface area contributed by atoms with E-state index in [9.17, 15) is 13.2 Å². The molecule has 3 aromatic heterocycles. The predicted octanol–water partition coefficient (Wildman–Crippen LogP) is 5.58. The fraction of sp³-hybridized carbons (Fsp3) is 0.312. The number of aromatic nitrogens is 6. The van der Waals surface area contributed by atoms with Crippen molar-refractivity contribution in [2.24, 2.45) is 0 Å². The summed E-state index contributed by atoms with van der Waals surface area (Å²) in [5.74, 6) is 2.40. The first-order chi connectivity index (χ1) is 22.2. The van der Waals surface area contributed by atoms with Crippen molar-refractivity contribution in [2.45, 2.75) is 26.6 Å². The van der Waals surface area contributed by atoms with E-state index in [1.165, 1.54) is 29.4 Å². The van der Waals surface area contributed by atoms with Crippen LogP contribution in [0, 0.1) is 13.8 Å². The van der Waals surface area contributed by atoms with Gasteiger partial charge in [-0.1, -0.05) is 12.1 Å². The Kier molecular flexibility index (Phi) is 9.17. The molecule has 0 spiro atoms. The molecule has 11 nitrogen and oxygen atoms in total. The van der Waals surface area contributed by atoms with E-state index >= 15 is 0 Å². The van der Waals surface area contributed by atoms with Gasteiger partial charge in [-0.05, 0) is 49.2 Å². The minimum absolute atomic E-state index is 0.0324. The van der Waals surface area contributed by atoms with Crippen LogP contribution >= 0.6 is 0 Å². The van der Waals surface area contributed by atoms with E-state index in [1.807, 2.05) is 42.0 Å². The molecular formula is C32H35F3N10O. The van der Waals surface area contributed by atoms with Gasteiger partial charge < -0.3 is 25.3 Å². The summed E-state index contributed by atoms with van der Waals surface area (Å²) in [4.78, 5) is 19.7. The highest BCUT2D eigenvalue weighted by Crippen LogP contribution is 2.36. The van der Waals surface area contributed by atoms with Crippen molar-refractivity contribution < 1.29 is 17.9 Å². The molecule has 5 aromatic rings. The molecule has 240 valence electrons. The maximum atomic E-state index is 14.0. The number of benzene rings is 2. The standard InChI is InChI=1S/C32H35F3N10O/c1-22-3-4-24(20-39-25-5-6-28(26(18-25)32(33,34)35)44-11-8-36-23(44)2)17-27(22)42-31-38-9-12-45(31)30-19-29(40-21-41-30)37-7-10-43-13-15-46-16-14-43/h3-6,8-9,11-12,17-19,21,39H,7,10,13-16,20H2,1-2H3,(H,38,42)(H,37,40,41). The number of nitrogens with one attached hydrogen (secondary N) is 3. The summed E-state index contributed by atoms with van der Waals surface area (Å²) in [6, 6.07) is 11.9. The highest BCUT2D eigenvalue weighted by Gasteiger charge is 2.34. The predicted molar refractivity (Wildman–Crippen MR) is 170 cm³/mol. The summed E-state index contributed by atoms with van der Waals surface area (Å²) < 4.78 is 50.7. The Balaban J connectivity index is 1.13. The van der Waals surface area contributed by atoms with Crippen LogP contribution in [0.15, 0.2) is 73.6 Å². The molecule has 1 aliphatic heterocycles. The van der Waals surface area contributed by atoms with Gasteiger partial charge in [-0.25, -0.2) is 19.9 Å². The summed E-state index contributed by atoms with van der Waals surface area (Å²) in [5.41, 5.74) is 2.32. The Morgan fingerprint density at radius 3 is 2.46 bits per heavy atom. The van der Waals surface area contributed by atoms with Crippen molar-refractivity contribution in [3.05, 3.63) is 96.1 Å². The lowest BCUT2D eigenvalue weighted by Gasteiger charge is -2.26. The second-order valence-electron chi connectivity index (χ2n) is 11.0. The van der Waals surface area contributed by atoms with Gasteiger partial charge in [-0.15, -0.1) is 0 Å². The number of aryl methyl sites for hydroxylation is 2. The molecule has 1 aliphatic rings. The second-order valence-corrected chi connectivity index (χ2v) is 11.0. The fourth-order valence-corrected chi connectivity index (χ4v) is 5.28. The maximum Gasteiger partial charge on any atom is 0.418 e. The van der Waals surface area contributed by atoms with Crippen molar-refractivity contribution >= 4 is 23.1 Å². The van der Waals surface area contributed by atoms with Crippen LogP contribution in [0.1, 0.15) is 22.5 Å². The molecule has 2 aromatic carbocycles. The third kappa shape index (κ3) is 7.29. The molecule has 3 N–H and O–H groups in total. The monoisotopic (exact) mass is 632 g/mol. The van der Waals surface area contributed by atoms with E-state index in [0.717, 1.165) is 62.3 Å². The van der Waals surface area contributed by atoms with Crippen LogP contribution in [0.4, 0.5) is 36.3 Å². The van der Waals surface area contributed by atoms with Crippen LogP contribution in [0.2, 0.25) is 0 Å². The fourth-order valence-electron chi connectivity index (χ4n) is 5.28. The van der Waals surface area contributed by atoms with Crippen LogP contribution in [-0.4, -0.2) is 73.4 Å². The minimum Gasteiger partial charge on any atom is -0.381 e. The molecule has 46 heavy (non-hydrogen) atoms. The van der Waals surface area contributed by atoms with E-state index < -0.39 is 11.7 Å². The first-order valence-corrected chi connectivity index (χ1v) is 15.0. The number of hydrogen-bond acceptors (Lipinski definition) is 9. The minimum atomic E-state index is -4.53. The van der Waals surface area contributed by atoms with Crippen molar-refractivity contribution in [3.63, 3.8) is 0 Å². The van der Waals surface area contributed by atoms with Gasteiger partial charge in [0.05, 0.1) is 24.5 Å². The largest absolute Gasteiger partial charge is 0.418 e. The molecule has 1 fully saturated rings. The first-order valence-electron chi connectivity index (χ1n) is 15.0. The summed E-state index contributed by atoms with van der Waals surface area (Å²) in [6.45, 7) is 8.97. The number of ether oxygens (including phenoxy) is 1. The molecule has 6 rings (SSSR count). The van der Waals surface area contributed by atoms with Crippen molar-refractivity contribution in [3.8, 4) is 11.5 Å². The smallest absolute Gasteiger partial charge is 0.381 e. The topological polar surface area (TPSA) is 110 Å². The molecule has 4 heterocycles. The van der Waals surface area contributed by atoms with E-state index in [2.05, 4.69) is 40.8 Å². The van der Waals surface area contributed by atoms with E-state index in [1.54, 1.807) is 19.2 Å². The summed E-state index contributed by atoms with van der Waals surface area (Å²) in [5, 5.41) is 9.90. The maximum absolute atomic E-state index is 14.0. The van der Waals surface area contributed by atoms with Gasteiger partial charge in [0, 0.05) is 75.0 Å². The number of halogens is 3. The van der Waals surface area contributed by atoms with Gasteiger partial charge >= 0.3 is 6.18 Å². The summed E-state index contributed by atoms with van der Waals surface area (Å²) in [7, 11) is 0. The lowest BCUT2D eigenvalue weighted by molar-refractivity contribution is -0.137. The van der Waals surface area contributed by atoms with Gasteiger partial charge in [-0.2, -0.15) is 13.2 Å². The van der Waals surface area contributed by atoms with Gasteiger partial charge in [0.15, 0.2) is 0 Å². The molecule has 0 saturated carbocycles. The Morgan fingerprint density at radius 2 is 1.67 bits per heavy atom. The lowest BCUT2D eigenvalue weighted by atomic mass is 10.1. The molecule has 0 aliphatic carbocycles. The number of anilines is 4. The number of hydrogen-bond donors (Lipinski definition) is 3. The van der Waals surface area contributed by atoms with E-state index in [-0.39, 0.29) is 5.69 Å². The average molecular weight is 633 g/mol. The molecule has 1 saturated heterocycles. The number of alkyl halides is 3. The van der Waals surface area contributed by atoms with Crippen LogP contribution < -0.4 is 16.0 Å². The Labute approximate surface area is 264 Å².